The van der Waals surface area contributed by atoms with E-state index in [1.807, 2.05) is 31.2 Å². The van der Waals surface area contributed by atoms with Crippen LogP contribution in [0.4, 0.5) is 13.2 Å². The molecule has 142 valence electrons. The molecule has 0 unspecified atom stereocenters. The van der Waals surface area contributed by atoms with Crippen LogP contribution < -0.4 is 0 Å². The lowest BCUT2D eigenvalue weighted by atomic mass is 10.0. The highest BCUT2D eigenvalue weighted by Gasteiger charge is 2.30. The van der Waals surface area contributed by atoms with Crippen molar-refractivity contribution in [2.24, 2.45) is 10.9 Å². The van der Waals surface area contributed by atoms with E-state index in [0.29, 0.717) is 24.5 Å². The summed E-state index contributed by atoms with van der Waals surface area (Å²) in [4.78, 5) is 4.54. The average molecular weight is 365 g/mol. The maximum atomic E-state index is 12.9. The summed E-state index contributed by atoms with van der Waals surface area (Å²) < 4.78 is 38.7. The van der Waals surface area contributed by atoms with Crippen LogP contribution in [-0.2, 0) is 12.8 Å². The highest BCUT2D eigenvalue weighted by Crippen LogP contribution is 2.29. The molecule has 1 aromatic rings. The zero-order valence-corrected chi connectivity index (χ0v) is 15.1. The molecule has 2 nitrogen and oxygen atoms in total. The van der Waals surface area contributed by atoms with Crippen molar-refractivity contribution in [3.8, 4) is 0 Å². The van der Waals surface area contributed by atoms with Crippen LogP contribution in [0.1, 0.15) is 43.7 Å². The van der Waals surface area contributed by atoms with Crippen molar-refractivity contribution in [1.82, 2.24) is 0 Å². The molecule has 0 heterocycles. The molecule has 0 aliphatic heterocycles. The summed E-state index contributed by atoms with van der Waals surface area (Å²) in [7, 11) is 0. The lowest BCUT2D eigenvalue weighted by molar-refractivity contribution is -0.0879. The number of halogens is 3. The van der Waals surface area contributed by atoms with Gasteiger partial charge in [-0.3, -0.25) is 4.99 Å². The van der Waals surface area contributed by atoms with E-state index in [4.69, 9.17) is 5.11 Å². The minimum absolute atomic E-state index is 0.0702. The number of alkyl halides is 3. The number of hydrogen-bond acceptors (Lipinski definition) is 2. The highest BCUT2D eigenvalue weighted by atomic mass is 19.4. The number of aliphatic hydroxyl groups excluding tert-OH is 1. The van der Waals surface area contributed by atoms with Crippen molar-refractivity contribution in [2.45, 2.75) is 51.6 Å². The van der Waals surface area contributed by atoms with Crippen LogP contribution in [-0.4, -0.2) is 23.6 Å². The monoisotopic (exact) mass is 365 g/mol. The Hall–Kier alpha value is -1.88. The quantitative estimate of drug-likeness (QED) is 0.508. The van der Waals surface area contributed by atoms with Gasteiger partial charge in [0.25, 0.3) is 0 Å². The Morgan fingerprint density at radius 3 is 2.31 bits per heavy atom. The fourth-order valence-electron chi connectivity index (χ4n) is 3.23. The summed E-state index contributed by atoms with van der Waals surface area (Å²) >= 11 is 0. The van der Waals surface area contributed by atoms with Gasteiger partial charge in [-0.25, -0.2) is 0 Å². The maximum absolute atomic E-state index is 12.9. The molecule has 0 radical (unpaired) electrons. The van der Waals surface area contributed by atoms with Gasteiger partial charge in [-0.05, 0) is 49.3 Å². The van der Waals surface area contributed by atoms with Crippen LogP contribution in [0.5, 0.6) is 0 Å². The lowest BCUT2D eigenvalue weighted by Crippen LogP contribution is -2.11. The Morgan fingerprint density at radius 1 is 1.19 bits per heavy atom. The molecule has 1 saturated carbocycles. The molecular formula is C21H26F3NO. The first-order chi connectivity index (χ1) is 12.3. The van der Waals surface area contributed by atoms with Crippen molar-refractivity contribution < 1.29 is 18.3 Å². The second kappa shape index (κ2) is 9.17. The van der Waals surface area contributed by atoms with E-state index in [9.17, 15) is 13.2 Å². The Labute approximate surface area is 153 Å². The summed E-state index contributed by atoms with van der Waals surface area (Å²) in [6.07, 6.45) is 1.89. The second-order valence-corrected chi connectivity index (χ2v) is 6.86. The third kappa shape index (κ3) is 6.13. The van der Waals surface area contributed by atoms with Crippen LogP contribution in [0.2, 0.25) is 0 Å². The van der Waals surface area contributed by atoms with E-state index >= 15 is 0 Å². The van der Waals surface area contributed by atoms with Crippen LogP contribution in [0.15, 0.2) is 53.2 Å². The fourth-order valence-corrected chi connectivity index (χ4v) is 3.23. The molecule has 5 heteroatoms. The van der Waals surface area contributed by atoms with Gasteiger partial charge in [-0.15, -0.1) is 0 Å². The molecule has 0 spiro atoms. The summed E-state index contributed by atoms with van der Waals surface area (Å²) in [5, 5.41) is 8.97. The van der Waals surface area contributed by atoms with Gasteiger partial charge in [-0.1, -0.05) is 43.7 Å². The molecule has 0 saturated heterocycles. The first-order valence-corrected chi connectivity index (χ1v) is 9.00. The van der Waals surface area contributed by atoms with Gasteiger partial charge in [0, 0.05) is 24.4 Å². The van der Waals surface area contributed by atoms with Crippen LogP contribution in [0.3, 0.4) is 0 Å². The zero-order valence-electron chi connectivity index (χ0n) is 15.1. The zero-order chi connectivity index (χ0) is 19.2. The normalized spacial score (nSPS) is 17.0. The molecular weight excluding hydrogens is 339 g/mol. The standard InChI is InChI=1S/C21H26F3NO/c1-15(21(22,23)24)13-20(25-16(2)19-5-3-4-6-19)14-18-9-7-17(8-10-18)11-12-26/h7-10,13,19,26H,1,3-6,11-12,14H2,2H3/b20-13-,25-16?. The van der Waals surface area contributed by atoms with Gasteiger partial charge in [0.15, 0.2) is 0 Å². The van der Waals surface area contributed by atoms with E-state index in [1.165, 1.54) is 0 Å². The van der Waals surface area contributed by atoms with Gasteiger partial charge in [-0.2, -0.15) is 13.2 Å². The van der Waals surface area contributed by atoms with Gasteiger partial charge in [0.1, 0.15) is 0 Å². The first kappa shape index (κ1) is 20.4. The molecule has 1 aliphatic rings. The minimum Gasteiger partial charge on any atom is -0.396 e. The van der Waals surface area contributed by atoms with Gasteiger partial charge >= 0.3 is 6.18 Å². The van der Waals surface area contributed by atoms with Crippen LogP contribution in [0.25, 0.3) is 0 Å². The molecule has 0 bridgehead atoms. The van der Waals surface area contributed by atoms with Crippen molar-refractivity contribution >= 4 is 5.71 Å². The summed E-state index contributed by atoms with van der Waals surface area (Å²) in [6.45, 7) is 5.13. The average Bonchev–Trinajstić information content (AvgIpc) is 3.10. The van der Waals surface area contributed by atoms with Gasteiger partial charge in [0.2, 0.25) is 0 Å². The SMILES string of the molecule is C=C(/C=C(/Cc1ccc(CCO)cc1)N=C(C)C1CCCC1)C(F)(F)F. The smallest absolute Gasteiger partial charge is 0.396 e. The molecule has 1 N–H and O–H groups in total. The predicted molar refractivity (Wildman–Crippen MR) is 99.3 cm³/mol. The Balaban J connectivity index is 2.23. The minimum atomic E-state index is -4.45. The van der Waals surface area contributed by atoms with E-state index in [-0.39, 0.29) is 6.61 Å². The van der Waals surface area contributed by atoms with Gasteiger partial charge in [0.05, 0.1) is 5.57 Å². The molecule has 0 amide bonds. The number of aliphatic hydroxyl groups is 1. The predicted octanol–water partition coefficient (Wildman–Crippen LogP) is 5.42. The van der Waals surface area contributed by atoms with Gasteiger partial charge < -0.3 is 5.11 Å². The molecule has 1 aromatic carbocycles. The number of hydrogen-bond donors (Lipinski definition) is 1. The van der Waals surface area contributed by atoms with Crippen LogP contribution in [0, 0.1) is 5.92 Å². The van der Waals surface area contributed by atoms with Crippen molar-refractivity contribution in [1.29, 1.82) is 0 Å². The molecule has 2 rings (SSSR count). The van der Waals surface area contributed by atoms with E-state index in [2.05, 4.69) is 11.6 Å². The van der Waals surface area contributed by atoms with Crippen molar-refractivity contribution in [2.75, 3.05) is 6.61 Å². The molecule has 26 heavy (non-hydrogen) atoms. The largest absolute Gasteiger partial charge is 0.415 e. The number of allylic oxidation sites excluding steroid dienone is 3. The van der Waals surface area contributed by atoms with Crippen molar-refractivity contribution in [3.63, 3.8) is 0 Å². The molecule has 1 aliphatic carbocycles. The second-order valence-electron chi connectivity index (χ2n) is 6.86. The Bertz CT molecular complexity index is 665. The maximum Gasteiger partial charge on any atom is 0.415 e. The number of nitrogens with zero attached hydrogens (tertiary/aromatic N) is 1. The molecule has 1 fully saturated rings. The third-order valence-corrected chi connectivity index (χ3v) is 4.78. The highest BCUT2D eigenvalue weighted by molar-refractivity contribution is 5.85. The van der Waals surface area contributed by atoms with E-state index in [0.717, 1.165) is 48.6 Å². The molecule has 0 atom stereocenters. The molecule has 0 aromatic heterocycles. The Morgan fingerprint density at radius 2 is 1.77 bits per heavy atom. The topological polar surface area (TPSA) is 32.6 Å². The number of rotatable bonds is 7. The Kier molecular flexibility index (Phi) is 7.21. The summed E-state index contributed by atoms with van der Waals surface area (Å²) in [6, 6.07) is 7.51. The van der Waals surface area contributed by atoms with E-state index < -0.39 is 11.7 Å². The fraction of sp³-hybridized carbons (Fsp3) is 0.476. The summed E-state index contributed by atoms with van der Waals surface area (Å²) in [5.74, 6) is 0.365. The lowest BCUT2D eigenvalue weighted by Gasteiger charge is -2.12. The first-order valence-electron chi connectivity index (χ1n) is 9.00. The van der Waals surface area contributed by atoms with E-state index in [1.54, 1.807) is 0 Å². The number of benzene rings is 1. The number of aliphatic imine (C=N–C) groups is 1. The van der Waals surface area contributed by atoms with Crippen molar-refractivity contribution in [3.05, 3.63) is 59.3 Å². The summed E-state index contributed by atoms with van der Waals surface area (Å²) in [5.41, 5.74) is 2.28. The third-order valence-electron chi connectivity index (χ3n) is 4.78. The van der Waals surface area contributed by atoms with Crippen LogP contribution >= 0.6 is 0 Å².